The summed E-state index contributed by atoms with van der Waals surface area (Å²) in [4.78, 5) is 37.1. The Balaban J connectivity index is 1.31. The molecule has 0 aliphatic rings. The number of hydrogen-bond acceptors (Lipinski definition) is 5. The lowest BCUT2D eigenvalue weighted by molar-refractivity contribution is 0.0994. The van der Waals surface area contributed by atoms with Crippen molar-refractivity contribution in [3.63, 3.8) is 0 Å². The van der Waals surface area contributed by atoms with Crippen LogP contribution in [0.25, 0.3) is 0 Å². The minimum Gasteiger partial charge on any atom is -0.494 e. The number of furan rings is 1. The SMILES string of the molecule is CCOc1ccc(NC(=O)c2ccc(NC(=O)c3ccc(NC(=O)c4ccco4)cc3)cc2)cc1. The Morgan fingerprint density at radius 1 is 0.657 bits per heavy atom. The third-order valence-corrected chi connectivity index (χ3v) is 4.98. The first kappa shape index (κ1) is 23.3. The lowest BCUT2D eigenvalue weighted by Gasteiger charge is -2.09. The molecule has 0 aliphatic carbocycles. The van der Waals surface area contributed by atoms with Crippen LogP contribution in [0.2, 0.25) is 0 Å². The summed E-state index contributed by atoms with van der Waals surface area (Å²) in [5.74, 6) is -0.0270. The number of ether oxygens (including phenoxy) is 1. The van der Waals surface area contributed by atoms with Crippen LogP contribution in [0.15, 0.2) is 95.6 Å². The van der Waals surface area contributed by atoms with Gasteiger partial charge in [0.2, 0.25) is 0 Å². The molecule has 8 nitrogen and oxygen atoms in total. The average molecular weight is 469 g/mol. The van der Waals surface area contributed by atoms with E-state index in [4.69, 9.17) is 9.15 Å². The highest BCUT2D eigenvalue weighted by Gasteiger charge is 2.11. The predicted octanol–water partition coefficient (Wildman–Crippen LogP) is 5.44. The number of rotatable bonds is 8. The molecular formula is C27H23N3O5. The van der Waals surface area contributed by atoms with E-state index < -0.39 is 0 Å². The van der Waals surface area contributed by atoms with E-state index in [-0.39, 0.29) is 23.5 Å². The zero-order valence-corrected chi connectivity index (χ0v) is 18.9. The number of hydrogen-bond donors (Lipinski definition) is 3. The van der Waals surface area contributed by atoms with Crippen LogP contribution in [-0.2, 0) is 0 Å². The normalized spacial score (nSPS) is 10.3. The molecule has 3 aromatic carbocycles. The summed E-state index contributed by atoms with van der Waals surface area (Å²) in [5.41, 5.74) is 2.60. The molecule has 1 aromatic heterocycles. The third-order valence-electron chi connectivity index (χ3n) is 4.98. The van der Waals surface area contributed by atoms with E-state index in [1.807, 2.05) is 6.92 Å². The van der Waals surface area contributed by atoms with Gasteiger partial charge in [-0.2, -0.15) is 0 Å². The maximum absolute atomic E-state index is 12.6. The van der Waals surface area contributed by atoms with Crippen molar-refractivity contribution in [3.8, 4) is 5.75 Å². The van der Waals surface area contributed by atoms with Gasteiger partial charge < -0.3 is 25.1 Å². The Morgan fingerprint density at radius 3 is 1.54 bits per heavy atom. The Morgan fingerprint density at radius 2 is 1.11 bits per heavy atom. The topological polar surface area (TPSA) is 110 Å². The maximum Gasteiger partial charge on any atom is 0.291 e. The first-order valence-corrected chi connectivity index (χ1v) is 10.9. The Hall–Kier alpha value is -4.85. The van der Waals surface area contributed by atoms with Gasteiger partial charge in [-0.25, -0.2) is 0 Å². The van der Waals surface area contributed by atoms with E-state index in [0.717, 1.165) is 5.75 Å². The van der Waals surface area contributed by atoms with Crippen LogP contribution < -0.4 is 20.7 Å². The van der Waals surface area contributed by atoms with Crippen LogP contribution in [0.3, 0.4) is 0 Å². The molecule has 0 saturated heterocycles. The van der Waals surface area contributed by atoms with Crippen molar-refractivity contribution in [2.75, 3.05) is 22.6 Å². The lowest BCUT2D eigenvalue weighted by atomic mass is 10.1. The van der Waals surface area contributed by atoms with Crippen LogP contribution in [0, 0.1) is 0 Å². The fraction of sp³-hybridized carbons (Fsp3) is 0.0741. The summed E-state index contributed by atoms with van der Waals surface area (Å²) >= 11 is 0. The molecule has 0 bridgehead atoms. The standard InChI is InChI=1S/C27H23N3O5/c1-2-34-23-15-13-22(14-16-23)29-26(32)18-5-9-20(10-6-18)28-25(31)19-7-11-21(12-8-19)30-27(33)24-4-3-17-35-24/h3-17H,2H2,1H3,(H,28,31)(H,29,32)(H,30,33). The molecule has 176 valence electrons. The molecule has 4 aromatic rings. The highest BCUT2D eigenvalue weighted by molar-refractivity contribution is 6.07. The molecule has 0 radical (unpaired) electrons. The third kappa shape index (κ3) is 6.14. The highest BCUT2D eigenvalue weighted by Crippen LogP contribution is 2.18. The molecule has 0 atom stereocenters. The van der Waals surface area contributed by atoms with Gasteiger partial charge in [0.05, 0.1) is 12.9 Å². The van der Waals surface area contributed by atoms with Gasteiger partial charge in [-0.1, -0.05) is 0 Å². The zero-order chi connectivity index (χ0) is 24.6. The first-order chi connectivity index (χ1) is 17.0. The zero-order valence-electron chi connectivity index (χ0n) is 18.9. The van der Waals surface area contributed by atoms with Gasteiger partial charge in [-0.15, -0.1) is 0 Å². The number of carbonyl (C=O) groups excluding carboxylic acids is 3. The molecule has 35 heavy (non-hydrogen) atoms. The molecule has 8 heteroatoms. The Kier molecular flexibility index (Phi) is 7.22. The second kappa shape index (κ2) is 10.8. The monoisotopic (exact) mass is 469 g/mol. The molecule has 1 heterocycles. The van der Waals surface area contributed by atoms with Crippen molar-refractivity contribution in [3.05, 3.63) is 108 Å². The van der Waals surface area contributed by atoms with Gasteiger partial charge in [0.25, 0.3) is 17.7 Å². The summed E-state index contributed by atoms with van der Waals surface area (Å²) in [6.07, 6.45) is 1.42. The Bertz CT molecular complexity index is 1300. The molecule has 3 amide bonds. The second-order valence-corrected chi connectivity index (χ2v) is 7.45. The second-order valence-electron chi connectivity index (χ2n) is 7.45. The lowest BCUT2D eigenvalue weighted by Crippen LogP contribution is -2.14. The van der Waals surface area contributed by atoms with E-state index in [9.17, 15) is 14.4 Å². The fourth-order valence-electron chi connectivity index (χ4n) is 3.22. The van der Waals surface area contributed by atoms with E-state index >= 15 is 0 Å². The van der Waals surface area contributed by atoms with Crippen molar-refractivity contribution < 1.29 is 23.5 Å². The largest absolute Gasteiger partial charge is 0.494 e. The van der Waals surface area contributed by atoms with Gasteiger partial charge in [0.1, 0.15) is 5.75 Å². The molecule has 0 spiro atoms. The van der Waals surface area contributed by atoms with Crippen LogP contribution in [0.4, 0.5) is 17.1 Å². The summed E-state index contributed by atoms with van der Waals surface area (Å²) in [6.45, 7) is 2.48. The van der Waals surface area contributed by atoms with Crippen molar-refractivity contribution in [2.24, 2.45) is 0 Å². The predicted molar refractivity (Wildman–Crippen MR) is 133 cm³/mol. The van der Waals surface area contributed by atoms with E-state index in [1.54, 1.807) is 84.9 Å². The van der Waals surface area contributed by atoms with Crippen molar-refractivity contribution in [2.45, 2.75) is 6.92 Å². The molecule has 4 rings (SSSR count). The first-order valence-electron chi connectivity index (χ1n) is 10.9. The summed E-state index contributed by atoms with van der Waals surface area (Å²) in [6, 6.07) is 23.3. The summed E-state index contributed by atoms with van der Waals surface area (Å²) < 4.78 is 10.5. The smallest absolute Gasteiger partial charge is 0.291 e. The molecule has 0 aliphatic heterocycles. The van der Waals surface area contributed by atoms with Crippen molar-refractivity contribution in [1.82, 2.24) is 0 Å². The van der Waals surface area contributed by atoms with E-state index in [2.05, 4.69) is 16.0 Å². The van der Waals surface area contributed by atoms with Gasteiger partial charge in [0, 0.05) is 28.2 Å². The molecule has 0 saturated carbocycles. The van der Waals surface area contributed by atoms with Crippen LogP contribution >= 0.6 is 0 Å². The Labute approximate surface area is 201 Å². The van der Waals surface area contributed by atoms with Crippen LogP contribution in [0.1, 0.15) is 38.2 Å². The van der Waals surface area contributed by atoms with Gasteiger partial charge in [-0.05, 0) is 91.9 Å². The average Bonchev–Trinajstić information content (AvgIpc) is 3.42. The van der Waals surface area contributed by atoms with Crippen LogP contribution in [-0.4, -0.2) is 24.3 Å². The highest BCUT2D eigenvalue weighted by atomic mass is 16.5. The quantitative estimate of drug-likeness (QED) is 0.319. The fourth-order valence-corrected chi connectivity index (χ4v) is 3.22. The number of carbonyl (C=O) groups is 3. The van der Waals surface area contributed by atoms with E-state index in [0.29, 0.717) is 34.8 Å². The number of benzene rings is 3. The number of anilines is 3. The van der Waals surface area contributed by atoms with Crippen molar-refractivity contribution in [1.29, 1.82) is 0 Å². The summed E-state index contributed by atoms with van der Waals surface area (Å²) in [7, 11) is 0. The number of nitrogens with one attached hydrogen (secondary N) is 3. The minimum atomic E-state index is -0.376. The maximum atomic E-state index is 12.6. The molecule has 0 unspecified atom stereocenters. The summed E-state index contributed by atoms with van der Waals surface area (Å²) in [5, 5.41) is 8.31. The minimum absolute atomic E-state index is 0.198. The van der Waals surface area contributed by atoms with Gasteiger partial charge in [0.15, 0.2) is 5.76 Å². The molecule has 3 N–H and O–H groups in total. The van der Waals surface area contributed by atoms with E-state index in [1.165, 1.54) is 6.26 Å². The molecular weight excluding hydrogens is 446 g/mol. The van der Waals surface area contributed by atoms with Crippen molar-refractivity contribution >= 4 is 34.8 Å². The molecule has 0 fully saturated rings. The van der Waals surface area contributed by atoms with Gasteiger partial charge in [-0.3, -0.25) is 14.4 Å². The van der Waals surface area contributed by atoms with Gasteiger partial charge >= 0.3 is 0 Å². The van der Waals surface area contributed by atoms with Crippen LogP contribution in [0.5, 0.6) is 5.75 Å². The number of amides is 3.